The normalized spacial score (nSPS) is 11.6. The van der Waals surface area contributed by atoms with Crippen molar-refractivity contribution in [1.82, 2.24) is 0 Å². The first-order chi connectivity index (χ1) is 9.38. The Morgan fingerprint density at radius 3 is 2.37 bits per heavy atom. The highest BCUT2D eigenvalue weighted by Gasteiger charge is 2.00. The van der Waals surface area contributed by atoms with Crippen molar-refractivity contribution in [2.24, 2.45) is 0 Å². The van der Waals surface area contributed by atoms with Crippen LogP contribution in [0.3, 0.4) is 0 Å². The molecular formula is C19H18. The van der Waals surface area contributed by atoms with E-state index in [1.54, 1.807) is 0 Å². The highest BCUT2D eigenvalue weighted by Crippen LogP contribution is 2.26. The third-order valence-electron chi connectivity index (χ3n) is 3.53. The molecule has 3 aromatic rings. The molecule has 0 amide bonds. The van der Waals surface area contributed by atoms with Crippen molar-refractivity contribution in [1.29, 1.82) is 0 Å². The van der Waals surface area contributed by atoms with Crippen molar-refractivity contribution in [2.45, 2.75) is 19.8 Å². The van der Waals surface area contributed by atoms with Gasteiger partial charge in [-0.1, -0.05) is 68.0 Å². The van der Waals surface area contributed by atoms with Gasteiger partial charge >= 0.3 is 0 Å². The minimum Gasteiger partial charge on any atom is -0.0839 e. The lowest BCUT2D eigenvalue weighted by molar-refractivity contribution is 0.962. The van der Waals surface area contributed by atoms with Crippen LogP contribution >= 0.6 is 0 Å². The van der Waals surface area contributed by atoms with E-state index >= 15 is 0 Å². The quantitative estimate of drug-likeness (QED) is 0.512. The number of hydrogen-bond acceptors (Lipinski definition) is 0. The van der Waals surface area contributed by atoms with Crippen molar-refractivity contribution in [2.75, 3.05) is 0 Å². The van der Waals surface area contributed by atoms with Crippen LogP contribution in [0.2, 0.25) is 0 Å². The second-order valence-corrected chi connectivity index (χ2v) is 4.96. The van der Waals surface area contributed by atoms with Crippen LogP contribution in [0.15, 0.2) is 60.7 Å². The fraction of sp³-hybridized carbons (Fsp3) is 0.158. The van der Waals surface area contributed by atoms with Crippen molar-refractivity contribution in [3.8, 4) is 0 Å². The lowest BCUT2D eigenvalue weighted by atomic mass is 9.99. The second kappa shape index (κ2) is 5.27. The van der Waals surface area contributed by atoms with Crippen molar-refractivity contribution < 1.29 is 0 Å². The molecule has 0 radical (unpaired) electrons. The van der Waals surface area contributed by atoms with Gasteiger partial charge in [0.2, 0.25) is 0 Å². The van der Waals surface area contributed by atoms with E-state index in [0.29, 0.717) is 0 Å². The molecule has 0 fully saturated rings. The highest BCUT2D eigenvalue weighted by atomic mass is 14.0. The second-order valence-electron chi connectivity index (χ2n) is 4.96. The summed E-state index contributed by atoms with van der Waals surface area (Å²) in [6.07, 6.45) is 6.86. The molecule has 0 aliphatic carbocycles. The molecular weight excluding hydrogens is 228 g/mol. The zero-order chi connectivity index (χ0) is 13.1. The van der Waals surface area contributed by atoms with Gasteiger partial charge in [0.1, 0.15) is 0 Å². The molecule has 0 spiro atoms. The van der Waals surface area contributed by atoms with Gasteiger partial charge in [-0.3, -0.25) is 0 Å². The van der Waals surface area contributed by atoms with E-state index in [1.807, 2.05) is 0 Å². The lowest BCUT2D eigenvalue weighted by Crippen LogP contribution is -1.80. The minimum atomic E-state index is 1.14. The first-order valence-corrected chi connectivity index (χ1v) is 6.96. The molecule has 0 saturated heterocycles. The van der Waals surface area contributed by atoms with Crippen LogP contribution in [-0.2, 0) is 0 Å². The van der Waals surface area contributed by atoms with Crippen LogP contribution in [0.25, 0.3) is 27.6 Å². The van der Waals surface area contributed by atoms with Gasteiger partial charge in [0.05, 0.1) is 0 Å². The minimum absolute atomic E-state index is 1.14. The van der Waals surface area contributed by atoms with Gasteiger partial charge in [-0.25, -0.2) is 0 Å². The summed E-state index contributed by atoms with van der Waals surface area (Å²) in [7, 11) is 0. The molecule has 19 heavy (non-hydrogen) atoms. The van der Waals surface area contributed by atoms with Crippen LogP contribution in [0.5, 0.6) is 0 Å². The number of allylic oxidation sites excluding steroid dienone is 1. The first kappa shape index (κ1) is 12.0. The van der Waals surface area contributed by atoms with Crippen molar-refractivity contribution in [3.05, 3.63) is 66.2 Å². The summed E-state index contributed by atoms with van der Waals surface area (Å²) in [6, 6.07) is 19.7. The molecule has 3 aromatic carbocycles. The summed E-state index contributed by atoms with van der Waals surface area (Å²) >= 11 is 0. The average molecular weight is 246 g/mol. The molecule has 0 aliphatic heterocycles. The topological polar surface area (TPSA) is 0 Å². The maximum absolute atomic E-state index is 2.30. The summed E-state index contributed by atoms with van der Waals surface area (Å²) in [4.78, 5) is 0. The number of unbranched alkanes of at least 4 members (excludes halogenated alkanes) is 1. The van der Waals surface area contributed by atoms with Gasteiger partial charge in [0, 0.05) is 0 Å². The van der Waals surface area contributed by atoms with E-state index in [9.17, 15) is 0 Å². The Bertz CT molecular complexity index is 735. The Balaban J connectivity index is 2.20. The maximum atomic E-state index is 2.30. The van der Waals surface area contributed by atoms with E-state index < -0.39 is 0 Å². The molecule has 94 valence electrons. The van der Waals surface area contributed by atoms with Crippen LogP contribution in [-0.4, -0.2) is 0 Å². The predicted molar refractivity (Wildman–Crippen MR) is 85.4 cm³/mol. The SMILES string of the molecule is CCCC=Cc1cccc2cc3ccccc3cc12. The molecule has 0 bridgehead atoms. The van der Waals surface area contributed by atoms with E-state index in [1.165, 1.54) is 33.5 Å². The van der Waals surface area contributed by atoms with E-state index in [0.717, 1.165) is 6.42 Å². The van der Waals surface area contributed by atoms with Crippen LogP contribution in [0, 0.1) is 0 Å². The van der Waals surface area contributed by atoms with Crippen LogP contribution in [0.1, 0.15) is 25.3 Å². The number of hydrogen-bond donors (Lipinski definition) is 0. The molecule has 0 heteroatoms. The molecule has 0 N–H and O–H groups in total. The molecule has 0 saturated carbocycles. The molecule has 3 rings (SSSR count). The molecule has 0 aromatic heterocycles. The smallest absolute Gasteiger partial charge is 0.0105 e. The van der Waals surface area contributed by atoms with Crippen molar-refractivity contribution >= 4 is 27.6 Å². The van der Waals surface area contributed by atoms with Gasteiger partial charge in [0.15, 0.2) is 0 Å². The van der Waals surface area contributed by atoms with E-state index in [2.05, 4.69) is 73.7 Å². The summed E-state index contributed by atoms with van der Waals surface area (Å²) < 4.78 is 0. The fourth-order valence-corrected chi connectivity index (χ4v) is 2.51. The van der Waals surface area contributed by atoms with Gasteiger partial charge in [0.25, 0.3) is 0 Å². The molecule has 0 aliphatic rings. The van der Waals surface area contributed by atoms with Crippen LogP contribution in [0.4, 0.5) is 0 Å². The van der Waals surface area contributed by atoms with E-state index in [4.69, 9.17) is 0 Å². The van der Waals surface area contributed by atoms with Gasteiger partial charge < -0.3 is 0 Å². The third-order valence-corrected chi connectivity index (χ3v) is 3.53. The fourth-order valence-electron chi connectivity index (χ4n) is 2.51. The van der Waals surface area contributed by atoms with Crippen molar-refractivity contribution in [3.63, 3.8) is 0 Å². The highest BCUT2D eigenvalue weighted by molar-refractivity contribution is 6.01. The first-order valence-electron chi connectivity index (χ1n) is 6.96. The van der Waals surface area contributed by atoms with E-state index in [-0.39, 0.29) is 0 Å². The monoisotopic (exact) mass is 246 g/mol. The largest absolute Gasteiger partial charge is 0.0839 e. The Morgan fingerprint density at radius 2 is 1.58 bits per heavy atom. The molecule has 0 heterocycles. The Hall–Kier alpha value is -2.08. The average Bonchev–Trinajstić information content (AvgIpc) is 2.46. The molecule has 0 nitrogen and oxygen atoms in total. The summed E-state index contributed by atoms with van der Waals surface area (Å²) in [5.41, 5.74) is 1.32. The summed E-state index contributed by atoms with van der Waals surface area (Å²) in [5, 5.41) is 5.28. The standard InChI is InChI=1S/C19H18/c1-2-3-4-8-15-11-7-12-18-13-16-9-5-6-10-17(16)14-19(15)18/h4-14H,2-3H2,1H3. The number of rotatable bonds is 3. The van der Waals surface area contributed by atoms with Crippen LogP contribution < -0.4 is 0 Å². The molecule has 0 atom stereocenters. The Morgan fingerprint density at radius 1 is 0.842 bits per heavy atom. The Labute approximate surface area is 114 Å². The van der Waals surface area contributed by atoms with Gasteiger partial charge in [-0.15, -0.1) is 0 Å². The van der Waals surface area contributed by atoms with Gasteiger partial charge in [-0.05, 0) is 45.7 Å². The lowest BCUT2D eigenvalue weighted by Gasteiger charge is -2.05. The zero-order valence-corrected chi connectivity index (χ0v) is 11.3. The third kappa shape index (κ3) is 2.39. The zero-order valence-electron chi connectivity index (χ0n) is 11.3. The molecule has 0 unspecified atom stereocenters. The summed E-state index contributed by atoms with van der Waals surface area (Å²) in [6.45, 7) is 2.21. The summed E-state index contributed by atoms with van der Waals surface area (Å²) in [5.74, 6) is 0. The predicted octanol–water partition coefficient (Wildman–Crippen LogP) is 5.81. The maximum Gasteiger partial charge on any atom is -0.0105 e. The number of benzene rings is 3. The Kier molecular flexibility index (Phi) is 3.33. The van der Waals surface area contributed by atoms with Gasteiger partial charge in [-0.2, -0.15) is 0 Å². The number of fused-ring (bicyclic) bond motifs is 2.